The smallest absolute Gasteiger partial charge is 0.339 e. The van der Waals surface area contributed by atoms with Gasteiger partial charge in [-0.2, -0.15) is 0 Å². The molecule has 0 aliphatic rings. The molecule has 4 heteroatoms. The van der Waals surface area contributed by atoms with E-state index in [1.807, 2.05) is 13.0 Å². The Kier molecular flexibility index (Phi) is 3.52. The molecule has 76 valence electrons. The molecule has 1 aromatic carbocycles. The quantitative estimate of drug-likeness (QED) is 0.907. The zero-order valence-electron chi connectivity index (χ0n) is 8.00. The Bertz CT molecular complexity index is 361. The third-order valence-electron chi connectivity index (χ3n) is 1.95. The van der Waals surface area contributed by atoms with Gasteiger partial charge in [-0.25, -0.2) is 4.79 Å². The Hall–Kier alpha value is -1.03. The SMILES string of the molecule is CCc1cc(Br)c(OC)c(C(=O)O)c1. The highest BCUT2D eigenvalue weighted by atomic mass is 79.9. The standard InChI is InChI=1S/C10H11BrO3/c1-3-6-4-7(10(12)13)9(14-2)8(11)5-6/h4-5H,3H2,1-2H3,(H,12,13). The molecule has 0 aliphatic carbocycles. The molecule has 1 aromatic rings. The number of carboxylic acid groups (broad SMARTS) is 1. The first-order chi connectivity index (χ1) is 6.60. The molecule has 0 unspecified atom stereocenters. The molecule has 0 heterocycles. The highest BCUT2D eigenvalue weighted by Gasteiger charge is 2.14. The first-order valence-electron chi connectivity index (χ1n) is 4.19. The van der Waals surface area contributed by atoms with Crippen LogP contribution in [0.25, 0.3) is 0 Å². The van der Waals surface area contributed by atoms with E-state index < -0.39 is 5.97 Å². The topological polar surface area (TPSA) is 46.5 Å². The third kappa shape index (κ3) is 2.07. The largest absolute Gasteiger partial charge is 0.495 e. The van der Waals surface area contributed by atoms with Crippen molar-refractivity contribution in [1.82, 2.24) is 0 Å². The highest BCUT2D eigenvalue weighted by Crippen LogP contribution is 2.30. The second-order valence-corrected chi connectivity index (χ2v) is 3.67. The number of benzene rings is 1. The van der Waals surface area contributed by atoms with Crippen LogP contribution in [0.4, 0.5) is 0 Å². The maximum Gasteiger partial charge on any atom is 0.339 e. The van der Waals surface area contributed by atoms with Crippen LogP contribution in [-0.4, -0.2) is 18.2 Å². The van der Waals surface area contributed by atoms with E-state index in [4.69, 9.17) is 9.84 Å². The van der Waals surface area contributed by atoms with E-state index in [-0.39, 0.29) is 5.56 Å². The number of methoxy groups -OCH3 is 1. The van der Waals surface area contributed by atoms with Gasteiger partial charge in [0.05, 0.1) is 11.6 Å². The number of hydrogen-bond donors (Lipinski definition) is 1. The number of rotatable bonds is 3. The minimum absolute atomic E-state index is 0.193. The summed E-state index contributed by atoms with van der Waals surface area (Å²) in [6.07, 6.45) is 0.795. The molecular weight excluding hydrogens is 248 g/mol. The summed E-state index contributed by atoms with van der Waals surface area (Å²) in [6.45, 7) is 1.97. The van der Waals surface area contributed by atoms with Gasteiger partial charge in [0.25, 0.3) is 0 Å². The van der Waals surface area contributed by atoms with Crippen LogP contribution in [0.5, 0.6) is 5.75 Å². The van der Waals surface area contributed by atoms with Crippen LogP contribution in [0.1, 0.15) is 22.8 Å². The number of carbonyl (C=O) groups is 1. The lowest BCUT2D eigenvalue weighted by Crippen LogP contribution is -2.02. The molecule has 0 amide bonds. The van der Waals surface area contributed by atoms with Crippen LogP contribution in [0.15, 0.2) is 16.6 Å². The minimum Gasteiger partial charge on any atom is -0.495 e. The summed E-state index contributed by atoms with van der Waals surface area (Å²) < 4.78 is 5.69. The molecule has 0 aromatic heterocycles. The molecule has 0 aliphatic heterocycles. The molecule has 0 bridgehead atoms. The Morgan fingerprint density at radius 2 is 2.21 bits per heavy atom. The van der Waals surface area contributed by atoms with E-state index in [1.165, 1.54) is 7.11 Å². The average molecular weight is 259 g/mol. The lowest BCUT2D eigenvalue weighted by Gasteiger charge is -2.09. The van der Waals surface area contributed by atoms with E-state index in [0.717, 1.165) is 12.0 Å². The van der Waals surface area contributed by atoms with Crippen LogP contribution < -0.4 is 4.74 Å². The maximum atomic E-state index is 10.9. The Labute approximate surface area is 90.8 Å². The van der Waals surface area contributed by atoms with Gasteiger partial charge in [0.1, 0.15) is 11.3 Å². The summed E-state index contributed by atoms with van der Waals surface area (Å²) in [6, 6.07) is 3.50. The average Bonchev–Trinajstić information content (AvgIpc) is 2.16. The number of hydrogen-bond acceptors (Lipinski definition) is 2. The molecular formula is C10H11BrO3. The van der Waals surface area contributed by atoms with Crippen molar-refractivity contribution in [2.24, 2.45) is 0 Å². The molecule has 1 N–H and O–H groups in total. The number of aryl methyl sites for hydroxylation is 1. The van der Waals surface area contributed by atoms with Gasteiger partial charge in [0.15, 0.2) is 0 Å². The fraction of sp³-hybridized carbons (Fsp3) is 0.300. The van der Waals surface area contributed by atoms with E-state index in [0.29, 0.717) is 10.2 Å². The van der Waals surface area contributed by atoms with Crippen LogP contribution >= 0.6 is 15.9 Å². The van der Waals surface area contributed by atoms with Crippen LogP contribution in [0, 0.1) is 0 Å². The van der Waals surface area contributed by atoms with Crippen molar-refractivity contribution >= 4 is 21.9 Å². The van der Waals surface area contributed by atoms with Gasteiger partial charge in [-0.3, -0.25) is 0 Å². The summed E-state index contributed by atoms with van der Waals surface area (Å²) in [4.78, 5) is 10.9. The predicted molar refractivity (Wildman–Crippen MR) is 57.0 cm³/mol. The number of ether oxygens (including phenoxy) is 1. The zero-order valence-corrected chi connectivity index (χ0v) is 9.59. The number of aromatic carboxylic acids is 1. The Morgan fingerprint density at radius 3 is 2.64 bits per heavy atom. The van der Waals surface area contributed by atoms with E-state index in [1.54, 1.807) is 6.07 Å². The van der Waals surface area contributed by atoms with Gasteiger partial charge in [-0.1, -0.05) is 6.92 Å². The summed E-state index contributed by atoms with van der Waals surface area (Å²) in [7, 11) is 1.46. The monoisotopic (exact) mass is 258 g/mol. The first-order valence-corrected chi connectivity index (χ1v) is 4.99. The lowest BCUT2D eigenvalue weighted by atomic mass is 10.1. The Morgan fingerprint density at radius 1 is 1.57 bits per heavy atom. The van der Waals surface area contributed by atoms with E-state index in [9.17, 15) is 4.79 Å². The first kappa shape index (κ1) is 11.0. The summed E-state index contributed by atoms with van der Waals surface area (Å²) >= 11 is 3.28. The number of halogens is 1. The molecule has 0 fully saturated rings. The summed E-state index contributed by atoms with van der Waals surface area (Å²) in [5.74, 6) is -0.604. The number of carboxylic acids is 1. The molecule has 3 nitrogen and oxygen atoms in total. The fourth-order valence-corrected chi connectivity index (χ4v) is 1.89. The normalized spacial score (nSPS) is 9.93. The van der Waals surface area contributed by atoms with Crippen molar-refractivity contribution in [2.45, 2.75) is 13.3 Å². The Balaban J connectivity index is 3.35. The molecule has 0 atom stereocenters. The minimum atomic E-state index is -0.974. The summed E-state index contributed by atoms with van der Waals surface area (Å²) in [5, 5.41) is 8.94. The van der Waals surface area contributed by atoms with Crippen molar-refractivity contribution < 1.29 is 14.6 Å². The third-order valence-corrected chi connectivity index (χ3v) is 2.54. The van der Waals surface area contributed by atoms with Gasteiger partial charge < -0.3 is 9.84 Å². The van der Waals surface area contributed by atoms with Crippen molar-refractivity contribution in [1.29, 1.82) is 0 Å². The maximum absolute atomic E-state index is 10.9. The van der Waals surface area contributed by atoms with Crippen LogP contribution in [-0.2, 0) is 6.42 Å². The van der Waals surface area contributed by atoms with Gasteiger partial charge in [0.2, 0.25) is 0 Å². The molecule has 0 radical (unpaired) electrons. The van der Waals surface area contributed by atoms with Crippen molar-refractivity contribution in [3.63, 3.8) is 0 Å². The van der Waals surface area contributed by atoms with Crippen molar-refractivity contribution in [3.05, 3.63) is 27.7 Å². The molecule has 0 spiro atoms. The van der Waals surface area contributed by atoms with Crippen molar-refractivity contribution in [2.75, 3.05) is 7.11 Å². The van der Waals surface area contributed by atoms with Gasteiger partial charge in [-0.15, -0.1) is 0 Å². The highest BCUT2D eigenvalue weighted by molar-refractivity contribution is 9.10. The molecule has 0 saturated carbocycles. The molecule has 1 rings (SSSR count). The van der Waals surface area contributed by atoms with Gasteiger partial charge >= 0.3 is 5.97 Å². The predicted octanol–water partition coefficient (Wildman–Crippen LogP) is 2.72. The van der Waals surface area contributed by atoms with E-state index >= 15 is 0 Å². The molecule has 0 saturated heterocycles. The second kappa shape index (κ2) is 4.46. The lowest BCUT2D eigenvalue weighted by molar-refractivity contribution is 0.0693. The second-order valence-electron chi connectivity index (χ2n) is 2.82. The fourth-order valence-electron chi connectivity index (χ4n) is 1.22. The van der Waals surface area contributed by atoms with Crippen molar-refractivity contribution in [3.8, 4) is 5.75 Å². The summed E-state index contributed by atoms with van der Waals surface area (Å²) in [5.41, 5.74) is 1.16. The van der Waals surface area contributed by atoms with Crippen LogP contribution in [0.3, 0.4) is 0 Å². The van der Waals surface area contributed by atoms with Gasteiger partial charge in [-0.05, 0) is 40.0 Å². The zero-order chi connectivity index (χ0) is 10.7. The van der Waals surface area contributed by atoms with Crippen LogP contribution in [0.2, 0.25) is 0 Å². The van der Waals surface area contributed by atoms with Gasteiger partial charge in [0, 0.05) is 0 Å². The van der Waals surface area contributed by atoms with E-state index in [2.05, 4.69) is 15.9 Å². The molecule has 14 heavy (non-hydrogen) atoms.